The molecule has 0 amide bonds. The van der Waals surface area contributed by atoms with E-state index in [2.05, 4.69) is 39.7 Å². The number of benzene rings is 1. The Balaban J connectivity index is 2.01. The first-order valence-corrected chi connectivity index (χ1v) is 7.64. The largest absolute Gasteiger partial charge is 0.472 e. The number of nitrogens with one attached hydrogen (secondary N) is 1. The molecule has 1 aromatic heterocycles. The fraction of sp³-hybridized carbons (Fsp3) is 0.333. The second kappa shape index (κ2) is 5.37. The number of rotatable bonds is 2. The monoisotopic (exact) mass is 386 g/mol. The number of furan rings is 1. The Labute approximate surface area is 131 Å². The summed E-state index contributed by atoms with van der Waals surface area (Å²) < 4.78 is 19.0. The molecule has 2 aromatic rings. The van der Waals surface area contributed by atoms with Gasteiger partial charge in [-0.2, -0.15) is 0 Å². The molecule has 106 valence electrons. The van der Waals surface area contributed by atoms with E-state index in [-0.39, 0.29) is 9.36 Å². The lowest BCUT2D eigenvalue weighted by Crippen LogP contribution is -2.56. The van der Waals surface area contributed by atoms with Crippen molar-refractivity contribution >= 4 is 28.3 Å². The highest BCUT2D eigenvalue weighted by Gasteiger charge is 2.32. The molecule has 1 aliphatic rings. The second-order valence-electron chi connectivity index (χ2n) is 5.18. The van der Waals surface area contributed by atoms with Crippen molar-refractivity contribution in [1.82, 2.24) is 5.32 Å². The first kappa shape index (κ1) is 13.9. The van der Waals surface area contributed by atoms with Crippen LogP contribution in [0.4, 0.5) is 10.1 Å². The van der Waals surface area contributed by atoms with Gasteiger partial charge in [0.25, 0.3) is 0 Å². The first-order chi connectivity index (χ1) is 9.56. The summed E-state index contributed by atoms with van der Waals surface area (Å²) in [5, 5.41) is 3.37. The van der Waals surface area contributed by atoms with Gasteiger partial charge in [-0.3, -0.25) is 0 Å². The van der Waals surface area contributed by atoms with Gasteiger partial charge < -0.3 is 14.6 Å². The fourth-order valence-corrected chi connectivity index (χ4v) is 3.35. The number of hydrogen-bond donors (Lipinski definition) is 1. The molecule has 1 saturated heterocycles. The van der Waals surface area contributed by atoms with Gasteiger partial charge in [0.05, 0.1) is 12.5 Å². The smallest absolute Gasteiger partial charge is 0.125 e. The number of piperazine rings is 1. The van der Waals surface area contributed by atoms with Crippen molar-refractivity contribution in [1.29, 1.82) is 0 Å². The van der Waals surface area contributed by atoms with Crippen molar-refractivity contribution in [2.24, 2.45) is 0 Å². The zero-order valence-corrected chi connectivity index (χ0v) is 13.4. The van der Waals surface area contributed by atoms with Crippen LogP contribution in [0.1, 0.15) is 6.92 Å². The average Bonchev–Trinajstić information content (AvgIpc) is 2.91. The first-order valence-electron chi connectivity index (χ1n) is 6.57. The molecule has 20 heavy (non-hydrogen) atoms. The van der Waals surface area contributed by atoms with Crippen LogP contribution >= 0.6 is 22.6 Å². The van der Waals surface area contributed by atoms with E-state index in [0.717, 1.165) is 36.4 Å². The van der Waals surface area contributed by atoms with Gasteiger partial charge in [-0.25, -0.2) is 4.39 Å². The van der Waals surface area contributed by atoms with Crippen molar-refractivity contribution in [3.05, 3.63) is 42.6 Å². The second-order valence-corrected chi connectivity index (χ2v) is 7.50. The summed E-state index contributed by atoms with van der Waals surface area (Å²) in [6.45, 7) is 4.82. The van der Waals surface area contributed by atoms with Crippen LogP contribution in [0.25, 0.3) is 11.1 Å². The van der Waals surface area contributed by atoms with Crippen LogP contribution in [0, 0.1) is 5.82 Å². The maximum Gasteiger partial charge on any atom is 0.125 e. The van der Waals surface area contributed by atoms with Gasteiger partial charge in [0.2, 0.25) is 0 Å². The van der Waals surface area contributed by atoms with Crippen LogP contribution in [-0.4, -0.2) is 23.2 Å². The molecule has 3 nitrogen and oxygen atoms in total. The zero-order chi connectivity index (χ0) is 14.2. The van der Waals surface area contributed by atoms with Crippen LogP contribution in [0.5, 0.6) is 0 Å². The molecule has 5 heteroatoms. The summed E-state index contributed by atoms with van der Waals surface area (Å²) in [5.41, 5.74) is 2.66. The van der Waals surface area contributed by atoms with Crippen molar-refractivity contribution in [2.75, 3.05) is 24.5 Å². The van der Waals surface area contributed by atoms with E-state index in [4.69, 9.17) is 4.42 Å². The summed E-state index contributed by atoms with van der Waals surface area (Å²) in [6, 6.07) is 7.02. The number of alkyl halides is 1. The summed E-state index contributed by atoms with van der Waals surface area (Å²) in [7, 11) is 0. The van der Waals surface area contributed by atoms with E-state index in [1.165, 1.54) is 0 Å². The summed E-state index contributed by atoms with van der Waals surface area (Å²) in [4.78, 5) is 2.25. The predicted octanol–water partition coefficient (Wildman–Crippen LogP) is 3.65. The molecule has 1 atom stereocenters. The number of nitrogens with zero attached hydrogens (tertiary/aromatic N) is 1. The topological polar surface area (TPSA) is 28.4 Å². The molecule has 3 rings (SSSR count). The Kier molecular flexibility index (Phi) is 3.72. The van der Waals surface area contributed by atoms with E-state index >= 15 is 0 Å². The third kappa shape index (κ3) is 2.69. The molecule has 0 aliphatic carbocycles. The number of hydrogen-bond acceptors (Lipinski definition) is 3. The van der Waals surface area contributed by atoms with Crippen LogP contribution in [0.2, 0.25) is 0 Å². The summed E-state index contributed by atoms with van der Waals surface area (Å²) in [6.07, 6.45) is 3.24. The lowest BCUT2D eigenvalue weighted by atomic mass is 10.1. The number of anilines is 1. The van der Waals surface area contributed by atoms with E-state index < -0.39 is 0 Å². The van der Waals surface area contributed by atoms with Gasteiger partial charge in [0.1, 0.15) is 9.36 Å². The van der Waals surface area contributed by atoms with E-state index in [1.54, 1.807) is 24.7 Å². The molecule has 1 N–H and O–H groups in total. The minimum atomic E-state index is -0.218. The lowest BCUT2D eigenvalue weighted by Gasteiger charge is -2.43. The Morgan fingerprint density at radius 1 is 1.35 bits per heavy atom. The van der Waals surface area contributed by atoms with E-state index in [1.807, 2.05) is 12.1 Å². The molecule has 0 saturated carbocycles. The zero-order valence-electron chi connectivity index (χ0n) is 11.2. The molecule has 1 fully saturated rings. The van der Waals surface area contributed by atoms with Crippen LogP contribution in [0.15, 0.2) is 41.2 Å². The molecule has 1 aromatic carbocycles. The lowest BCUT2D eigenvalue weighted by molar-refractivity contribution is 0.484. The van der Waals surface area contributed by atoms with Crippen LogP contribution in [0.3, 0.4) is 0 Å². The number of halogens is 2. The molecule has 1 aliphatic heterocycles. The molecule has 0 spiro atoms. The Hall–Kier alpha value is -1.08. The van der Waals surface area contributed by atoms with Gasteiger partial charge in [0.15, 0.2) is 0 Å². The normalized spacial score (nSPS) is 23.1. The van der Waals surface area contributed by atoms with Crippen molar-refractivity contribution in [3.8, 4) is 11.1 Å². The molecular formula is C15H16FIN2O. The molecule has 1 unspecified atom stereocenters. The van der Waals surface area contributed by atoms with Crippen molar-refractivity contribution in [2.45, 2.75) is 10.5 Å². The van der Waals surface area contributed by atoms with E-state index in [0.29, 0.717) is 0 Å². The quantitative estimate of drug-likeness (QED) is 0.485. The van der Waals surface area contributed by atoms with Gasteiger partial charge in [-0.15, -0.1) is 0 Å². The highest BCUT2D eigenvalue weighted by atomic mass is 127. The molecule has 0 radical (unpaired) electrons. The fourth-order valence-electron chi connectivity index (χ4n) is 2.56. The highest BCUT2D eigenvalue weighted by Crippen LogP contribution is 2.34. The van der Waals surface area contributed by atoms with Gasteiger partial charge in [-0.1, -0.05) is 22.6 Å². The van der Waals surface area contributed by atoms with Crippen molar-refractivity contribution in [3.63, 3.8) is 0 Å². The SMILES string of the molecule is CC1(I)CNCCN1c1cc(F)cc(-c2ccoc2)c1. The third-order valence-electron chi connectivity index (χ3n) is 3.57. The van der Waals surface area contributed by atoms with Gasteiger partial charge in [-0.05, 0) is 36.8 Å². The van der Waals surface area contributed by atoms with Crippen LogP contribution < -0.4 is 10.2 Å². The Bertz CT molecular complexity index is 598. The van der Waals surface area contributed by atoms with E-state index in [9.17, 15) is 4.39 Å². The third-order valence-corrected chi connectivity index (χ3v) is 4.54. The Morgan fingerprint density at radius 3 is 2.90 bits per heavy atom. The van der Waals surface area contributed by atoms with Gasteiger partial charge in [0, 0.05) is 30.9 Å². The van der Waals surface area contributed by atoms with Crippen molar-refractivity contribution < 1.29 is 8.81 Å². The summed E-state index contributed by atoms with van der Waals surface area (Å²) in [5.74, 6) is -0.218. The maximum atomic E-state index is 14.0. The minimum Gasteiger partial charge on any atom is -0.472 e. The maximum absolute atomic E-state index is 14.0. The molecule has 2 heterocycles. The summed E-state index contributed by atoms with van der Waals surface area (Å²) >= 11 is 2.42. The minimum absolute atomic E-state index is 0.0581. The van der Waals surface area contributed by atoms with Crippen LogP contribution in [-0.2, 0) is 0 Å². The predicted molar refractivity (Wildman–Crippen MR) is 86.7 cm³/mol. The average molecular weight is 386 g/mol. The van der Waals surface area contributed by atoms with Gasteiger partial charge >= 0.3 is 0 Å². The molecular weight excluding hydrogens is 370 g/mol. The highest BCUT2D eigenvalue weighted by molar-refractivity contribution is 14.1. The molecule has 0 bridgehead atoms. The Morgan fingerprint density at radius 2 is 2.20 bits per heavy atom. The standard InChI is InChI=1S/C15H16FIN2O/c1-15(17)10-18-3-4-19(15)14-7-12(6-13(16)8-14)11-2-5-20-9-11/h2,5-9,18H,3-4,10H2,1H3.